The minimum absolute atomic E-state index is 0.108. The van der Waals surface area contributed by atoms with Crippen molar-refractivity contribution in [2.24, 2.45) is 0 Å². The highest BCUT2D eigenvalue weighted by molar-refractivity contribution is 7.99. The number of aromatic nitrogens is 2. The molecule has 4 nitrogen and oxygen atoms in total. The van der Waals surface area contributed by atoms with Crippen LogP contribution < -0.4 is 0 Å². The molecule has 1 aromatic heterocycles. The predicted molar refractivity (Wildman–Crippen MR) is 72.5 cm³/mol. The molecular weight excluding hydrogens is 305 g/mol. The number of hydrogen-bond donors (Lipinski definition) is 0. The molecule has 0 aliphatic carbocycles. The maximum absolute atomic E-state index is 12.7. The SMILES string of the molecule is FCC(CF)=C(CF)CCSc1nnc(C2CCCO2)o1. The van der Waals surface area contributed by atoms with Crippen LogP contribution in [0.4, 0.5) is 13.2 Å². The fourth-order valence-electron chi connectivity index (χ4n) is 2.01. The molecule has 1 saturated heterocycles. The molecule has 0 spiro atoms. The van der Waals surface area contributed by atoms with Crippen LogP contribution in [0.2, 0.25) is 0 Å². The average Bonchev–Trinajstić information content (AvgIpc) is 3.17. The lowest BCUT2D eigenvalue weighted by atomic mass is 10.1. The first kappa shape index (κ1) is 16.4. The number of allylic oxidation sites excluding steroid dienone is 2. The highest BCUT2D eigenvalue weighted by Gasteiger charge is 2.23. The second-order valence-corrected chi connectivity index (χ2v) is 5.66. The first-order chi connectivity index (χ1) is 10.3. The summed E-state index contributed by atoms with van der Waals surface area (Å²) >= 11 is 1.24. The molecule has 118 valence electrons. The van der Waals surface area contributed by atoms with Gasteiger partial charge in [-0.15, -0.1) is 10.2 Å². The maximum Gasteiger partial charge on any atom is 0.276 e. The van der Waals surface area contributed by atoms with Gasteiger partial charge >= 0.3 is 0 Å². The lowest BCUT2D eigenvalue weighted by molar-refractivity contribution is 0.0861. The Labute approximate surface area is 125 Å². The van der Waals surface area contributed by atoms with Crippen molar-refractivity contribution in [1.82, 2.24) is 10.2 Å². The molecule has 2 heterocycles. The summed E-state index contributed by atoms with van der Waals surface area (Å²) in [6.07, 6.45) is 1.94. The monoisotopic (exact) mass is 322 g/mol. The third-order valence-corrected chi connectivity index (χ3v) is 4.06. The van der Waals surface area contributed by atoms with E-state index in [1.54, 1.807) is 0 Å². The summed E-state index contributed by atoms with van der Waals surface area (Å²) in [5.74, 6) is 0.875. The summed E-state index contributed by atoms with van der Waals surface area (Å²) in [6.45, 7) is -2.06. The molecule has 1 unspecified atom stereocenters. The van der Waals surface area contributed by atoms with Crippen molar-refractivity contribution in [3.63, 3.8) is 0 Å². The summed E-state index contributed by atoms with van der Waals surface area (Å²) in [4.78, 5) is 0. The number of alkyl halides is 3. The minimum Gasteiger partial charge on any atom is -0.413 e. The Hall–Kier alpha value is -1.02. The van der Waals surface area contributed by atoms with Crippen LogP contribution in [0.3, 0.4) is 0 Å². The molecule has 2 rings (SSSR count). The smallest absolute Gasteiger partial charge is 0.276 e. The molecular formula is C13H17F3N2O2S. The van der Waals surface area contributed by atoms with Crippen molar-refractivity contribution in [3.05, 3.63) is 17.0 Å². The van der Waals surface area contributed by atoms with Crippen molar-refractivity contribution in [1.29, 1.82) is 0 Å². The normalized spacial score (nSPS) is 18.1. The molecule has 21 heavy (non-hydrogen) atoms. The van der Waals surface area contributed by atoms with E-state index in [0.717, 1.165) is 12.8 Å². The summed E-state index contributed by atoms with van der Waals surface area (Å²) in [5, 5.41) is 8.15. The number of hydrogen-bond acceptors (Lipinski definition) is 5. The van der Waals surface area contributed by atoms with E-state index in [-0.39, 0.29) is 23.7 Å². The predicted octanol–water partition coefficient (Wildman–Crippen LogP) is 3.61. The Kier molecular flexibility index (Phi) is 6.56. The molecule has 8 heteroatoms. The zero-order valence-electron chi connectivity index (χ0n) is 11.5. The third-order valence-electron chi connectivity index (χ3n) is 3.24. The largest absolute Gasteiger partial charge is 0.413 e. The Morgan fingerprint density at radius 2 is 1.90 bits per heavy atom. The molecule has 0 bridgehead atoms. The molecule has 1 aliphatic rings. The standard InChI is InChI=1S/C13H17F3N2O2S/c14-6-9(10(7-15)8-16)3-5-21-13-18-17-12(20-13)11-2-1-4-19-11/h11H,1-8H2. The van der Waals surface area contributed by atoms with Crippen molar-refractivity contribution >= 4 is 11.8 Å². The van der Waals surface area contributed by atoms with Crippen molar-refractivity contribution in [3.8, 4) is 0 Å². The molecule has 0 radical (unpaired) electrons. The van der Waals surface area contributed by atoms with E-state index in [2.05, 4.69) is 10.2 Å². The van der Waals surface area contributed by atoms with Crippen LogP contribution in [0.5, 0.6) is 0 Å². The molecule has 1 aromatic rings. The van der Waals surface area contributed by atoms with Crippen LogP contribution >= 0.6 is 11.8 Å². The number of rotatable bonds is 8. The second-order valence-electron chi connectivity index (χ2n) is 4.61. The number of nitrogens with zero attached hydrogens (tertiary/aromatic N) is 2. The lowest BCUT2D eigenvalue weighted by Gasteiger charge is -2.06. The number of thioether (sulfide) groups is 1. The zero-order chi connectivity index (χ0) is 15.1. The van der Waals surface area contributed by atoms with Gasteiger partial charge in [0.15, 0.2) is 0 Å². The Bertz CT molecular complexity index is 470. The molecule has 0 N–H and O–H groups in total. The summed E-state index contributed by atoms with van der Waals surface area (Å²) in [6, 6.07) is 0. The van der Waals surface area contributed by atoms with Crippen LogP contribution in [0, 0.1) is 0 Å². The Morgan fingerprint density at radius 1 is 1.14 bits per heavy atom. The van der Waals surface area contributed by atoms with E-state index in [0.29, 0.717) is 23.5 Å². The first-order valence-corrected chi connectivity index (χ1v) is 7.72. The Balaban J connectivity index is 1.84. The second kappa shape index (κ2) is 8.43. The van der Waals surface area contributed by atoms with Gasteiger partial charge in [0.25, 0.3) is 5.22 Å². The summed E-state index contributed by atoms with van der Waals surface area (Å²) in [5.41, 5.74) is 0.0649. The van der Waals surface area contributed by atoms with Crippen molar-refractivity contribution in [2.45, 2.75) is 30.6 Å². The van der Waals surface area contributed by atoms with Crippen LogP contribution in [0.15, 0.2) is 20.8 Å². The van der Waals surface area contributed by atoms with E-state index in [1.165, 1.54) is 11.8 Å². The van der Waals surface area contributed by atoms with Gasteiger partial charge in [0, 0.05) is 12.4 Å². The molecule has 0 saturated carbocycles. The fourth-order valence-corrected chi connectivity index (χ4v) is 2.77. The number of ether oxygens (including phenoxy) is 1. The third kappa shape index (κ3) is 4.47. The first-order valence-electron chi connectivity index (χ1n) is 6.74. The highest BCUT2D eigenvalue weighted by atomic mass is 32.2. The van der Waals surface area contributed by atoms with E-state index < -0.39 is 20.0 Å². The van der Waals surface area contributed by atoms with E-state index in [4.69, 9.17) is 9.15 Å². The van der Waals surface area contributed by atoms with E-state index in [1.807, 2.05) is 0 Å². The van der Waals surface area contributed by atoms with Gasteiger partial charge < -0.3 is 9.15 Å². The van der Waals surface area contributed by atoms with E-state index >= 15 is 0 Å². The summed E-state index contributed by atoms with van der Waals surface area (Å²) < 4.78 is 48.6. The van der Waals surface area contributed by atoms with Gasteiger partial charge in [0.2, 0.25) is 5.89 Å². The van der Waals surface area contributed by atoms with Crippen LogP contribution in [-0.2, 0) is 4.74 Å². The van der Waals surface area contributed by atoms with Gasteiger partial charge in [-0.3, -0.25) is 0 Å². The van der Waals surface area contributed by atoms with Crippen LogP contribution in [0.1, 0.15) is 31.3 Å². The van der Waals surface area contributed by atoms with Gasteiger partial charge in [-0.1, -0.05) is 11.8 Å². The average molecular weight is 322 g/mol. The fraction of sp³-hybridized carbons (Fsp3) is 0.692. The van der Waals surface area contributed by atoms with Gasteiger partial charge in [0.05, 0.1) is 0 Å². The maximum atomic E-state index is 12.7. The van der Waals surface area contributed by atoms with Gasteiger partial charge in [-0.25, -0.2) is 13.2 Å². The molecule has 0 aromatic carbocycles. The molecule has 1 fully saturated rings. The van der Waals surface area contributed by atoms with Gasteiger partial charge in [-0.05, 0) is 30.4 Å². The van der Waals surface area contributed by atoms with Crippen LogP contribution in [-0.4, -0.2) is 42.6 Å². The van der Waals surface area contributed by atoms with E-state index in [9.17, 15) is 13.2 Å². The summed E-state index contributed by atoms with van der Waals surface area (Å²) in [7, 11) is 0. The molecule has 1 aliphatic heterocycles. The Morgan fingerprint density at radius 3 is 2.52 bits per heavy atom. The van der Waals surface area contributed by atoms with Crippen LogP contribution in [0.25, 0.3) is 0 Å². The highest BCUT2D eigenvalue weighted by Crippen LogP contribution is 2.29. The topological polar surface area (TPSA) is 48.2 Å². The number of halogens is 3. The molecule has 1 atom stereocenters. The van der Waals surface area contributed by atoms with Gasteiger partial charge in [0.1, 0.15) is 26.1 Å². The quantitative estimate of drug-likeness (QED) is 0.540. The zero-order valence-corrected chi connectivity index (χ0v) is 12.3. The molecule has 0 amide bonds. The lowest BCUT2D eigenvalue weighted by Crippen LogP contribution is -2.00. The van der Waals surface area contributed by atoms with Crippen molar-refractivity contribution in [2.75, 3.05) is 32.4 Å². The van der Waals surface area contributed by atoms with Gasteiger partial charge in [-0.2, -0.15) is 0 Å². The van der Waals surface area contributed by atoms with Crippen molar-refractivity contribution < 1.29 is 22.3 Å². The minimum atomic E-state index is -0.954.